The fourth-order valence-electron chi connectivity index (χ4n) is 4.42. The largest absolute Gasteiger partial charge is 0.481 e. The number of nitrogens with one attached hydrogen (secondary N) is 2. The van der Waals surface area contributed by atoms with Gasteiger partial charge in [-0.15, -0.1) is 0 Å². The van der Waals surface area contributed by atoms with Crippen LogP contribution in [0.4, 0.5) is 5.69 Å². The number of anilines is 1. The second-order valence-electron chi connectivity index (χ2n) is 8.92. The van der Waals surface area contributed by atoms with Crippen molar-refractivity contribution in [3.63, 3.8) is 0 Å². The van der Waals surface area contributed by atoms with Gasteiger partial charge in [0.15, 0.2) is 0 Å². The summed E-state index contributed by atoms with van der Waals surface area (Å²) in [5, 5.41) is 19.8. The number of amidine groups is 1. The summed E-state index contributed by atoms with van der Waals surface area (Å²) in [6, 6.07) is 21.8. The van der Waals surface area contributed by atoms with Crippen molar-refractivity contribution in [2.24, 2.45) is 11.7 Å². The maximum absolute atomic E-state index is 13.3. The van der Waals surface area contributed by atoms with Gasteiger partial charge in [-0.2, -0.15) is 0 Å². The van der Waals surface area contributed by atoms with Gasteiger partial charge in [0, 0.05) is 29.9 Å². The molecule has 0 saturated heterocycles. The zero-order valence-corrected chi connectivity index (χ0v) is 19.7. The highest BCUT2D eigenvalue weighted by molar-refractivity contribution is 6.05. The van der Waals surface area contributed by atoms with Gasteiger partial charge in [-0.05, 0) is 53.8 Å². The molecule has 0 aromatic heterocycles. The van der Waals surface area contributed by atoms with E-state index in [9.17, 15) is 19.5 Å². The van der Waals surface area contributed by atoms with E-state index in [1.165, 1.54) is 0 Å². The number of nitrogens with two attached hydrogens (primary N) is 1. The molecule has 1 aliphatic heterocycles. The van der Waals surface area contributed by atoms with Crippen molar-refractivity contribution in [1.29, 1.82) is 5.41 Å². The van der Waals surface area contributed by atoms with E-state index in [0.29, 0.717) is 42.7 Å². The van der Waals surface area contributed by atoms with Crippen LogP contribution in [0.2, 0.25) is 0 Å². The Bertz CT molecular complexity index is 1290. The predicted molar refractivity (Wildman–Crippen MR) is 137 cm³/mol. The lowest BCUT2D eigenvalue weighted by Crippen LogP contribution is -2.37. The summed E-state index contributed by atoms with van der Waals surface area (Å²) in [4.78, 5) is 39.2. The normalized spacial score (nSPS) is 15.1. The standard InChI is InChI=1S/C28H28N4O4/c29-26(30)19-6-8-20(9-7-19)27(35)31-24-11-10-21-17-32(13-12-18-4-2-1-3-5-18)28(36)23(16-25(33)34)14-22(21)15-24/h1-11,15,23H,12-14,16-17H2,(H3,29,30)(H,31,35)(H,33,34). The number of fused-ring (bicyclic) bond motifs is 1. The molecule has 4 rings (SSSR count). The zero-order chi connectivity index (χ0) is 25.7. The number of rotatable bonds is 8. The summed E-state index contributed by atoms with van der Waals surface area (Å²) in [6.45, 7) is 0.880. The number of nitrogen functional groups attached to an aromatic ring is 1. The van der Waals surface area contributed by atoms with E-state index in [1.807, 2.05) is 42.5 Å². The van der Waals surface area contributed by atoms with E-state index < -0.39 is 11.9 Å². The van der Waals surface area contributed by atoms with Crippen molar-refractivity contribution >= 4 is 29.3 Å². The molecule has 2 amide bonds. The van der Waals surface area contributed by atoms with Gasteiger partial charge in [0.25, 0.3) is 5.91 Å². The molecule has 8 nitrogen and oxygen atoms in total. The minimum Gasteiger partial charge on any atom is -0.481 e. The lowest BCUT2D eigenvalue weighted by Gasteiger charge is -2.24. The first kappa shape index (κ1) is 24.7. The van der Waals surface area contributed by atoms with Crippen LogP contribution in [0, 0.1) is 11.3 Å². The molecule has 1 heterocycles. The second kappa shape index (κ2) is 10.9. The predicted octanol–water partition coefficient (Wildman–Crippen LogP) is 3.44. The average Bonchev–Trinajstić information content (AvgIpc) is 2.99. The number of hydrogen-bond acceptors (Lipinski definition) is 4. The Morgan fingerprint density at radius 2 is 1.69 bits per heavy atom. The SMILES string of the molecule is N=C(N)c1ccc(C(=O)Nc2ccc3c(c2)CC(CC(=O)O)C(=O)N(CCc2ccccc2)C3)cc1. The van der Waals surface area contributed by atoms with Gasteiger partial charge in [-0.25, -0.2) is 0 Å². The Labute approximate surface area is 209 Å². The Balaban J connectivity index is 1.53. The van der Waals surface area contributed by atoms with Crippen molar-refractivity contribution in [2.45, 2.75) is 25.8 Å². The van der Waals surface area contributed by atoms with Crippen LogP contribution < -0.4 is 11.1 Å². The van der Waals surface area contributed by atoms with Crippen LogP contribution >= 0.6 is 0 Å². The molecular formula is C28H28N4O4. The summed E-state index contributed by atoms with van der Waals surface area (Å²) in [7, 11) is 0. The zero-order valence-electron chi connectivity index (χ0n) is 19.7. The lowest BCUT2D eigenvalue weighted by molar-refractivity contribution is -0.144. The fraction of sp³-hybridized carbons (Fsp3) is 0.214. The van der Waals surface area contributed by atoms with E-state index in [4.69, 9.17) is 11.1 Å². The quantitative estimate of drug-likeness (QED) is 0.287. The average molecular weight is 485 g/mol. The molecule has 1 unspecified atom stereocenters. The van der Waals surface area contributed by atoms with Gasteiger partial charge >= 0.3 is 5.97 Å². The molecule has 3 aromatic rings. The summed E-state index contributed by atoms with van der Waals surface area (Å²) in [6.07, 6.45) is 0.719. The summed E-state index contributed by atoms with van der Waals surface area (Å²) in [5.74, 6) is -2.25. The molecule has 5 N–H and O–H groups in total. The molecule has 0 saturated carbocycles. The number of carbonyl (C=O) groups excluding carboxylic acids is 2. The minimum atomic E-state index is -1.02. The maximum Gasteiger partial charge on any atom is 0.304 e. The van der Waals surface area contributed by atoms with E-state index >= 15 is 0 Å². The van der Waals surface area contributed by atoms with Crippen molar-refractivity contribution < 1.29 is 19.5 Å². The highest BCUT2D eigenvalue weighted by atomic mass is 16.4. The van der Waals surface area contributed by atoms with E-state index in [0.717, 1.165) is 16.7 Å². The van der Waals surface area contributed by atoms with Crippen molar-refractivity contribution in [3.05, 3.63) is 101 Å². The summed E-state index contributed by atoms with van der Waals surface area (Å²) < 4.78 is 0. The Morgan fingerprint density at radius 3 is 2.36 bits per heavy atom. The van der Waals surface area contributed by atoms with Gasteiger partial charge in [0.2, 0.25) is 5.91 Å². The lowest BCUT2D eigenvalue weighted by atomic mass is 9.94. The molecular weight excluding hydrogens is 456 g/mol. The number of hydrogen-bond donors (Lipinski definition) is 4. The molecule has 1 atom stereocenters. The fourth-order valence-corrected chi connectivity index (χ4v) is 4.42. The van der Waals surface area contributed by atoms with Gasteiger partial charge in [-0.1, -0.05) is 48.5 Å². The molecule has 0 spiro atoms. The van der Waals surface area contributed by atoms with Gasteiger partial charge in [0.1, 0.15) is 5.84 Å². The van der Waals surface area contributed by atoms with Crippen LogP contribution in [0.3, 0.4) is 0 Å². The van der Waals surface area contributed by atoms with Crippen LogP contribution in [-0.4, -0.2) is 40.2 Å². The van der Waals surface area contributed by atoms with Crippen molar-refractivity contribution in [1.82, 2.24) is 4.90 Å². The Kier molecular flexibility index (Phi) is 7.44. The molecule has 0 fully saturated rings. The molecule has 1 aliphatic rings. The van der Waals surface area contributed by atoms with Crippen LogP contribution in [-0.2, 0) is 29.0 Å². The number of carbonyl (C=O) groups is 3. The number of aliphatic carboxylic acids is 1. The van der Waals surface area contributed by atoms with E-state index in [1.54, 1.807) is 35.2 Å². The van der Waals surface area contributed by atoms with Crippen LogP contribution in [0.25, 0.3) is 0 Å². The van der Waals surface area contributed by atoms with E-state index in [2.05, 4.69) is 5.32 Å². The number of benzene rings is 3. The first-order valence-electron chi connectivity index (χ1n) is 11.7. The molecule has 8 heteroatoms. The van der Waals surface area contributed by atoms with Gasteiger partial charge in [0.05, 0.1) is 12.3 Å². The number of amides is 2. The second-order valence-corrected chi connectivity index (χ2v) is 8.92. The van der Waals surface area contributed by atoms with Crippen molar-refractivity contribution in [3.8, 4) is 0 Å². The van der Waals surface area contributed by atoms with Crippen LogP contribution in [0.5, 0.6) is 0 Å². The molecule has 184 valence electrons. The first-order chi connectivity index (χ1) is 17.3. The number of carboxylic acids is 1. The molecule has 3 aromatic carbocycles. The summed E-state index contributed by atoms with van der Waals surface area (Å²) in [5.41, 5.74) is 9.88. The maximum atomic E-state index is 13.3. The minimum absolute atomic E-state index is 0.0732. The highest BCUT2D eigenvalue weighted by Gasteiger charge is 2.31. The molecule has 0 radical (unpaired) electrons. The Hall–Kier alpha value is -4.46. The number of nitrogens with zero attached hydrogens (tertiary/aromatic N) is 1. The molecule has 0 bridgehead atoms. The smallest absolute Gasteiger partial charge is 0.304 e. The highest BCUT2D eigenvalue weighted by Crippen LogP contribution is 2.28. The topological polar surface area (TPSA) is 137 Å². The first-order valence-corrected chi connectivity index (χ1v) is 11.7. The Morgan fingerprint density at radius 1 is 1.00 bits per heavy atom. The third-order valence-electron chi connectivity index (χ3n) is 6.34. The molecule has 0 aliphatic carbocycles. The van der Waals surface area contributed by atoms with E-state index in [-0.39, 0.29) is 24.1 Å². The third-order valence-corrected chi connectivity index (χ3v) is 6.34. The van der Waals surface area contributed by atoms with Gasteiger partial charge < -0.3 is 21.1 Å². The number of carboxylic acid groups (broad SMARTS) is 1. The van der Waals surface area contributed by atoms with Gasteiger partial charge in [-0.3, -0.25) is 19.8 Å². The van der Waals surface area contributed by atoms with Crippen LogP contribution in [0.1, 0.15) is 39.0 Å². The summed E-state index contributed by atoms with van der Waals surface area (Å²) >= 11 is 0. The van der Waals surface area contributed by atoms with Crippen molar-refractivity contribution in [2.75, 3.05) is 11.9 Å². The van der Waals surface area contributed by atoms with Crippen LogP contribution in [0.15, 0.2) is 72.8 Å². The molecule has 36 heavy (non-hydrogen) atoms. The monoisotopic (exact) mass is 484 g/mol. The third kappa shape index (κ3) is 5.96.